The first-order valence-electron chi connectivity index (χ1n) is 10.3. The maximum absolute atomic E-state index is 13.0. The number of carbonyl (C=O) groups is 2. The Kier molecular flexibility index (Phi) is 10.9. The summed E-state index contributed by atoms with van der Waals surface area (Å²) < 4.78 is 5.82. The van der Waals surface area contributed by atoms with E-state index in [1.165, 1.54) is 0 Å². The van der Waals surface area contributed by atoms with Gasteiger partial charge in [-0.15, -0.1) is 12.4 Å². The highest BCUT2D eigenvalue weighted by molar-refractivity contribution is 7.98. The third-order valence-electron chi connectivity index (χ3n) is 4.89. The second-order valence-corrected chi connectivity index (χ2v) is 8.23. The van der Waals surface area contributed by atoms with E-state index in [2.05, 4.69) is 10.3 Å². The Morgan fingerprint density at radius 1 is 1.06 bits per heavy atom. The number of benzene rings is 2. The lowest BCUT2D eigenvalue weighted by Gasteiger charge is -2.17. The Morgan fingerprint density at radius 2 is 1.82 bits per heavy atom. The van der Waals surface area contributed by atoms with E-state index in [4.69, 9.17) is 4.74 Å². The standard InChI is InChI=1S/C25H26N2O4S.ClH/c1-32-13-11-23(25(29)30)27-24(28)21-10-9-18(14-22(21)20-7-3-2-4-8-20)16-31-17-19-6-5-12-26-15-19;/h2-10,12,14-15,23H,11,13,16-17H2,1H3,(H,27,28)(H,29,30);1H. The summed E-state index contributed by atoms with van der Waals surface area (Å²) in [6, 6.07) is 17.9. The van der Waals surface area contributed by atoms with Crippen LogP contribution in [-0.4, -0.2) is 40.0 Å². The van der Waals surface area contributed by atoms with E-state index in [0.717, 1.165) is 22.3 Å². The molecule has 0 aliphatic heterocycles. The number of rotatable bonds is 11. The van der Waals surface area contributed by atoms with Gasteiger partial charge in [0.1, 0.15) is 6.04 Å². The molecule has 3 rings (SSSR count). The van der Waals surface area contributed by atoms with Crippen LogP contribution in [0.1, 0.15) is 27.9 Å². The van der Waals surface area contributed by atoms with Gasteiger partial charge in [-0.1, -0.05) is 42.5 Å². The molecule has 0 spiro atoms. The zero-order valence-corrected chi connectivity index (χ0v) is 19.9. The third-order valence-corrected chi connectivity index (χ3v) is 5.53. The Bertz CT molecular complexity index is 1040. The summed E-state index contributed by atoms with van der Waals surface area (Å²) in [6.07, 6.45) is 5.75. The normalized spacial score (nSPS) is 11.3. The van der Waals surface area contributed by atoms with Crippen molar-refractivity contribution in [2.75, 3.05) is 12.0 Å². The molecule has 1 aromatic heterocycles. The second-order valence-electron chi connectivity index (χ2n) is 7.25. The van der Waals surface area contributed by atoms with Gasteiger partial charge in [-0.3, -0.25) is 9.78 Å². The number of thioether (sulfide) groups is 1. The van der Waals surface area contributed by atoms with Gasteiger partial charge in [0, 0.05) is 18.0 Å². The lowest BCUT2D eigenvalue weighted by molar-refractivity contribution is -0.139. The van der Waals surface area contributed by atoms with Crippen LogP contribution in [0.25, 0.3) is 11.1 Å². The zero-order chi connectivity index (χ0) is 22.8. The molecule has 0 bridgehead atoms. The largest absolute Gasteiger partial charge is 0.480 e. The number of carboxylic acid groups (broad SMARTS) is 1. The molecule has 0 radical (unpaired) electrons. The van der Waals surface area contributed by atoms with Gasteiger partial charge >= 0.3 is 5.97 Å². The van der Waals surface area contributed by atoms with Crippen molar-refractivity contribution in [2.24, 2.45) is 0 Å². The Hall–Kier alpha value is -2.87. The molecule has 1 amide bonds. The third kappa shape index (κ3) is 7.89. The van der Waals surface area contributed by atoms with Crippen LogP contribution >= 0.6 is 24.2 Å². The Balaban J connectivity index is 0.00000385. The van der Waals surface area contributed by atoms with Crippen LogP contribution < -0.4 is 5.32 Å². The molecule has 8 heteroatoms. The molecule has 1 atom stereocenters. The van der Waals surface area contributed by atoms with Crippen molar-refractivity contribution in [1.82, 2.24) is 10.3 Å². The quantitative estimate of drug-likeness (QED) is 0.404. The number of nitrogens with zero attached hydrogens (tertiary/aromatic N) is 1. The molecule has 2 aromatic carbocycles. The van der Waals surface area contributed by atoms with E-state index in [9.17, 15) is 14.7 Å². The number of aromatic nitrogens is 1. The van der Waals surface area contributed by atoms with E-state index in [1.54, 1.807) is 30.2 Å². The summed E-state index contributed by atoms with van der Waals surface area (Å²) in [5.74, 6) is -0.787. The molecule has 0 aliphatic carbocycles. The van der Waals surface area contributed by atoms with Crippen molar-refractivity contribution in [2.45, 2.75) is 25.7 Å². The summed E-state index contributed by atoms with van der Waals surface area (Å²) in [4.78, 5) is 28.7. The van der Waals surface area contributed by atoms with Crippen LogP contribution in [0.15, 0.2) is 73.1 Å². The number of pyridine rings is 1. The monoisotopic (exact) mass is 486 g/mol. The van der Waals surface area contributed by atoms with Crippen LogP contribution in [0.5, 0.6) is 0 Å². The van der Waals surface area contributed by atoms with E-state index in [1.807, 2.05) is 60.9 Å². The zero-order valence-electron chi connectivity index (χ0n) is 18.3. The number of carbonyl (C=O) groups excluding carboxylic acids is 1. The van der Waals surface area contributed by atoms with Crippen molar-refractivity contribution in [3.8, 4) is 11.1 Å². The van der Waals surface area contributed by atoms with Gasteiger partial charge in [-0.25, -0.2) is 4.79 Å². The number of halogens is 1. The first-order chi connectivity index (χ1) is 15.6. The molecule has 3 aromatic rings. The predicted molar refractivity (Wildman–Crippen MR) is 134 cm³/mol. The average Bonchev–Trinajstić information content (AvgIpc) is 2.82. The maximum atomic E-state index is 13.0. The fourth-order valence-corrected chi connectivity index (χ4v) is 3.71. The molecule has 33 heavy (non-hydrogen) atoms. The van der Waals surface area contributed by atoms with Crippen LogP contribution in [-0.2, 0) is 22.7 Å². The highest BCUT2D eigenvalue weighted by Gasteiger charge is 2.22. The topological polar surface area (TPSA) is 88.5 Å². The van der Waals surface area contributed by atoms with Crippen molar-refractivity contribution < 1.29 is 19.4 Å². The molecule has 1 unspecified atom stereocenters. The molecule has 0 saturated heterocycles. The van der Waals surface area contributed by atoms with Crippen molar-refractivity contribution in [3.05, 3.63) is 89.7 Å². The lowest BCUT2D eigenvalue weighted by Crippen LogP contribution is -2.41. The predicted octanol–water partition coefficient (Wildman–Crippen LogP) is 4.82. The average molecular weight is 487 g/mol. The lowest BCUT2D eigenvalue weighted by atomic mass is 9.96. The number of hydrogen-bond donors (Lipinski definition) is 2. The summed E-state index contributed by atoms with van der Waals surface area (Å²) >= 11 is 1.55. The SMILES string of the molecule is CSCCC(NC(=O)c1ccc(COCc2cccnc2)cc1-c1ccccc1)C(=O)O.Cl. The highest BCUT2D eigenvalue weighted by atomic mass is 35.5. The van der Waals surface area contributed by atoms with E-state index in [-0.39, 0.29) is 12.4 Å². The molecular weight excluding hydrogens is 460 g/mol. The second kappa shape index (κ2) is 13.6. The molecule has 0 saturated carbocycles. The summed E-state index contributed by atoms with van der Waals surface area (Å²) in [5, 5.41) is 12.1. The summed E-state index contributed by atoms with van der Waals surface area (Å²) in [7, 11) is 0. The molecule has 0 aliphatic rings. The van der Waals surface area contributed by atoms with E-state index < -0.39 is 17.9 Å². The van der Waals surface area contributed by atoms with E-state index in [0.29, 0.717) is 31.0 Å². The summed E-state index contributed by atoms with van der Waals surface area (Å²) in [6.45, 7) is 0.814. The fraction of sp³-hybridized carbons (Fsp3) is 0.240. The fourth-order valence-electron chi connectivity index (χ4n) is 3.24. The highest BCUT2D eigenvalue weighted by Crippen LogP contribution is 2.26. The van der Waals surface area contributed by atoms with Crippen LogP contribution in [0.2, 0.25) is 0 Å². The van der Waals surface area contributed by atoms with E-state index >= 15 is 0 Å². The van der Waals surface area contributed by atoms with Crippen LogP contribution in [0, 0.1) is 0 Å². The molecule has 174 valence electrons. The van der Waals surface area contributed by atoms with Gasteiger partial charge in [0.2, 0.25) is 0 Å². The maximum Gasteiger partial charge on any atom is 0.326 e. The first kappa shape index (κ1) is 26.4. The number of carboxylic acids is 1. The number of aliphatic carboxylic acids is 1. The Morgan fingerprint density at radius 3 is 2.48 bits per heavy atom. The van der Waals surface area contributed by atoms with Gasteiger partial charge in [-0.05, 0) is 58.9 Å². The molecular formula is C25H27ClN2O4S. The van der Waals surface area contributed by atoms with Gasteiger partial charge in [0.05, 0.1) is 13.2 Å². The minimum Gasteiger partial charge on any atom is -0.480 e. The van der Waals surface area contributed by atoms with Crippen molar-refractivity contribution >= 4 is 36.0 Å². The minimum atomic E-state index is -1.03. The molecule has 0 fully saturated rings. The van der Waals surface area contributed by atoms with Crippen molar-refractivity contribution in [3.63, 3.8) is 0 Å². The Labute approximate surface area is 204 Å². The smallest absolute Gasteiger partial charge is 0.326 e. The number of nitrogens with one attached hydrogen (secondary N) is 1. The van der Waals surface area contributed by atoms with Gasteiger partial charge in [0.25, 0.3) is 5.91 Å². The van der Waals surface area contributed by atoms with Crippen LogP contribution in [0.4, 0.5) is 0 Å². The number of hydrogen-bond acceptors (Lipinski definition) is 5. The van der Waals surface area contributed by atoms with Gasteiger partial charge in [-0.2, -0.15) is 11.8 Å². The van der Waals surface area contributed by atoms with Gasteiger partial charge in [0.15, 0.2) is 0 Å². The first-order valence-corrected chi connectivity index (χ1v) is 11.7. The number of ether oxygens (including phenoxy) is 1. The minimum absolute atomic E-state index is 0. The molecule has 1 heterocycles. The molecule has 2 N–H and O–H groups in total. The molecule has 6 nitrogen and oxygen atoms in total. The number of amides is 1. The van der Waals surface area contributed by atoms with Gasteiger partial charge < -0.3 is 15.2 Å². The van der Waals surface area contributed by atoms with Crippen molar-refractivity contribution in [1.29, 1.82) is 0 Å². The summed E-state index contributed by atoms with van der Waals surface area (Å²) in [5.41, 5.74) is 3.95. The van der Waals surface area contributed by atoms with Crippen LogP contribution in [0.3, 0.4) is 0 Å².